The maximum absolute atomic E-state index is 12.0. The Kier molecular flexibility index (Phi) is 5.50. The number of carbonyl (C=O) groups is 1. The van der Waals surface area contributed by atoms with Crippen LogP contribution in [0.2, 0.25) is 0 Å². The molecule has 130 valence electrons. The maximum Gasteiger partial charge on any atom is 0.257 e. The first-order valence-electron chi connectivity index (χ1n) is 8.04. The van der Waals surface area contributed by atoms with Crippen LogP contribution >= 0.6 is 11.3 Å². The van der Waals surface area contributed by atoms with Crippen molar-refractivity contribution in [2.45, 2.75) is 13.3 Å². The average molecular weight is 356 g/mol. The van der Waals surface area contributed by atoms with Crippen LogP contribution in [0.25, 0.3) is 10.2 Å². The van der Waals surface area contributed by atoms with E-state index in [1.165, 1.54) is 4.70 Å². The second-order valence-electron chi connectivity index (χ2n) is 5.62. The number of nitrogens with one attached hydrogen (secondary N) is 1. The largest absolute Gasteiger partial charge is 0.493 e. The molecule has 1 amide bonds. The number of carbonyl (C=O) groups excluding carboxylic acids is 1. The number of methoxy groups -OCH3 is 1. The van der Waals surface area contributed by atoms with E-state index in [4.69, 9.17) is 9.47 Å². The van der Waals surface area contributed by atoms with E-state index in [1.807, 2.05) is 43.3 Å². The predicted molar refractivity (Wildman–Crippen MR) is 99.6 cm³/mol. The standard InChI is InChI=1S/C19H20N2O3S/c1-13-7-8-15(16(11-13)23-2)24-12-18(22)20-10-9-19-21-14-5-3-4-6-17(14)25-19/h3-8,11H,9-10,12H2,1-2H3,(H,20,22). The molecule has 0 aliphatic heterocycles. The number of hydrogen-bond donors (Lipinski definition) is 1. The van der Waals surface area contributed by atoms with Gasteiger partial charge in [0.15, 0.2) is 18.1 Å². The van der Waals surface area contributed by atoms with E-state index in [-0.39, 0.29) is 12.5 Å². The van der Waals surface area contributed by atoms with Gasteiger partial charge in [0.2, 0.25) is 0 Å². The molecule has 1 N–H and O–H groups in total. The molecule has 0 aliphatic carbocycles. The number of benzene rings is 2. The molecule has 0 aliphatic rings. The van der Waals surface area contributed by atoms with Gasteiger partial charge in [-0.2, -0.15) is 0 Å². The zero-order chi connectivity index (χ0) is 17.6. The molecule has 3 rings (SSSR count). The number of nitrogens with zero attached hydrogens (tertiary/aromatic N) is 1. The fraction of sp³-hybridized carbons (Fsp3) is 0.263. The van der Waals surface area contributed by atoms with Crippen molar-refractivity contribution >= 4 is 27.5 Å². The third-order valence-electron chi connectivity index (χ3n) is 3.68. The summed E-state index contributed by atoms with van der Waals surface area (Å²) < 4.78 is 12.0. The molecular formula is C19H20N2O3S. The first kappa shape index (κ1) is 17.2. The zero-order valence-electron chi connectivity index (χ0n) is 14.2. The summed E-state index contributed by atoms with van der Waals surface area (Å²) in [4.78, 5) is 16.5. The number of hydrogen-bond acceptors (Lipinski definition) is 5. The van der Waals surface area contributed by atoms with Crippen LogP contribution in [-0.4, -0.2) is 31.2 Å². The lowest BCUT2D eigenvalue weighted by molar-refractivity contribution is -0.123. The number of amides is 1. The summed E-state index contributed by atoms with van der Waals surface area (Å²) in [5.74, 6) is 1.03. The number of thiazole rings is 1. The topological polar surface area (TPSA) is 60.5 Å². The molecule has 0 unspecified atom stereocenters. The van der Waals surface area contributed by atoms with E-state index in [1.54, 1.807) is 18.4 Å². The van der Waals surface area contributed by atoms with Crippen LogP contribution in [0.4, 0.5) is 0 Å². The highest BCUT2D eigenvalue weighted by atomic mass is 32.1. The molecule has 2 aromatic carbocycles. The molecule has 0 saturated heterocycles. The first-order valence-corrected chi connectivity index (χ1v) is 8.86. The van der Waals surface area contributed by atoms with Crippen molar-refractivity contribution in [3.05, 3.63) is 53.0 Å². The van der Waals surface area contributed by atoms with Crippen LogP contribution in [0.3, 0.4) is 0 Å². The van der Waals surface area contributed by atoms with Gasteiger partial charge in [-0.05, 0) is 36.8 Å². The fourth-order valence-corrected chi connectivity index (χ4v) is 3.39. The minimum absolute atomic E-state index is 0.0424. The molecule has 0 fully saturated rings. The van der Waals surface area contributed by atoms with Crippen molar-refractivity contribution in [3.8, 4) is 11.5 Å². The van der Waals surface area contributed by atoms with Gasteiger partial charge in [-0.15, -0.1) is 11.3 Å². The Morgan fingerprint density at radius 3 is 2.84 bits per heavy atom. The van der Waals surface area contributed by atoms with Crippen LogP contribution in [-0.2, 0) is 11.2 Å². The van der Waals surface area contributed by atoms with Crippen LogP contribution in [0, 0.1) is 6.92 Å². The summed E-state index contributed by atoms with van der Waals surface area (Å²) in [6.07, 6.45) is 0.707. The lowest BCUT2D eigenvalue weighted by Crippen LogP contribution is -2.30. The van der Waals surface area contributed by atoms with Crippen molar-refractivity contribution in [1.29, 1.82) is 0 Å². The Morgan fingerprint density at radius 2 is 2.04 bits per heavy atom. The monoisotopic (exact) mass is 356 g/mol. The Labute approximate surface area is 150 Å². The molecule has 0 bridgehead atoms. The minimum atomic E-state index is -0.163. The van der Waals surface area contributed by atoms with Gasteiger partial charge in [0.25, 0.3) is 5.91 Å². The van der Waals surface area contributed by atoms with Crippen molar-refractivity contribution in [2.24, 2.45) is 0 Å². The molecule has 1 aromatic heterocycles. The quantitative estimate of drug-likeness (QED) is 0.705. The molecule has 3 aromatic rings. The van der Waals surface area contributed by atoms with Gasteiger partial charge in [0.05, 0.1) is 22.3 Å². The second-order valence-corrected chi connectivity index (χ2v) is 6.73. The van der Waals surface area contributed by atoms with E-state index >= 15 is 0 Å². The van der Waals surface area contributed by atoms with Gasteiger partial charge in [-0.1, -0.05) is 18.2 Å². The number of aromatic nitrogens is 1. The highest BCUT2D eigenvalue weighted by Gasteiger charge is 2.08. The molecule has 0 atom stereocenters. The first-order chi connectivity index (χ1) is 12.2. The van der Waals surface area contributed by atoms with Crippen molar-refractivity contribution in [1.82, 2.24) is 10.3 Å². The number of para-hydroxylation sites is 1. The van der Waals surface area contributed by atoms with Gasteiger partial charge < -0.3 is 14.8 Å². The van der Waals surface area contributed by atoms with E-state index in [0.29, 0.717) is 24.5 Å². The highest BCUT2D eigenvalue weighted by molar-refractivity contribution is 7.18. The minimum Gasteiger partial charge on any atom is -0.493 e. The lowest BCUT2D eigenvalue weighted by atomic mass is 10.2. The molecule has 0 spiro atoms. The van der Waals surface area contributed by atoms with E-state index in [9.17, 15) is 4.79 Å². The van der Waals surface area contributed by atoms with Gasteiger partial charge in [-0.25, -0.2) is 4.98 Å². The van der Waals surface area contributed by atoms with Crippen LogP contribution in [0.1, 0.15) is 10.6 Å². The SMILES string of the molecule is COc1cc(C)ccc1OCC(=O)NCCc1nc2ccccc2s1. The Bertz CT molecular complexity index is 843. The summed E-state index contributed by atoms with van der Waals surface area (Å²) in [5, 5.41) is 3.87. The summed E-state index contributed by atoms with van der Waals surface area (Å²) in [7, 11) is 1.58. The normalized spacial score (nSPS) is 10.6. The van der Waals surface area contributed by atoms with E-state index in [2.05, 4.69) is 16.4 Å². The molecule has 25 heavy (non-hydrogen) atoms. The lowest BCUT2D eigenvalue weighted by Gasteiger charge is -2.11. The zero-order valence-corrected chi connectivity index (χ0v) is 15.1. The van der Waals surface area contributed by atoms with E-state index < -0.39 is 0 Å². The summed E-state index contributed by atoms with van der Waals surface area (Å²) >= 11 is 1.66. The number of rotatable bonds is 7. The van der Waals surface area contributed by atoms with Gasteiger partial charge in [-0.3, -0.25) is 4.79 Å². The number of aryl methyl sites for hydroxylation is 1. The molecule has 0 radical (unpaired) electrons. The smallest absolute Gasteiger partial charge is 0.257 e. The van der Waals surface area contributed by atoms with Crippen LogP contribution in [0.15, 0.2) is 42.5 Å². The van der Waals surface area contributed by atoms with Gasteiger partial charge in [0, 0.05) is 13.0 Å². The van der Waals surface area contributed by atoms with Crippen LogP contribution < -0.4 is 14.8 Å². The summed E-state index contributed by atoms with van der Waals surface area (Å²) in [6.45, 7) is 2.47. The van der Waals surface area contributed by atoms with Crippen LogP contribution in [0.5, 0.6) is 11.5 Å². The molecule has 0 saturated carbocycles. The Morgan fingerprint density at radius 1 is 1.20 bits per heavy atom. The molecule has 5 nitrogen and oxygen atoms in total. The number of fused-ring (bicyclic) bond motifs is 1. The van der Waals surface area contributed by atoms with Gasteiger partial charge in [0.1, 0.15) is 0 Å². The fourth-order valence-electron chi connectivity index (χ4n) is 2.42. The summed E-state index contributed by atoms with van der Waals surface area (Å²) in [5.41, 5.74) is 2.08. The molecule has 6 heteroatoms. The maximum atomic E-state index is 12.0. The number of ether oxygens (including phenoxy) is 2. The Balaban J connectivity index is 1.46. The summed E-state index contributed by atoms with van der Waals surface area (Å²) in [6, 6.07) is 13.6. The predicted octanol–water partition coefficient (Wildman–Crippen LogP) is 3.35. The van der Waals surface area contributed by atoms with Crippen molar-refractivity contribution < 1.29 is 14.3 Å². The molecular weight excluding hydrogens is 336 g/mol. The van der Waals surface area contributed by atoms with Crippen molar-refractivity contribution in [2.75, 3.05) is 20.3 Å². The Hall–Kier alpha value is -2.60. The molecule has 1 heterocycles. The van der Waals surface area contributed by atoms with Crippen molar-refractivity contribution in [3.63, 3.8) is 0 Å². The third kappa shape index (κ3) is 4.48. The highest BCUT2D eigenvalue weighted by Crippen LogP contribution is 2.27. The van der Waals surface area contributed by atoms with E-state index in [0.717, 1.165) is 16.1 Å². The second kappa shape index (κ2) is 7.98. The average Bonchev–Trinajstić information content (AvgIpc) is 3.03. The van der Waals surface area contributed by atoms with Gasteiger partial charge >= 0.3 is 0 Å². The third-order valence-corrected chi connectivity index (χ3v) is 4.77.